The molecule has 0 unspecified atom stereocenters. The fourth-order valence-electron chi connectivity index (χ4n) is 2.02. The minimum atomic E-state index is 0.730. The second-order valence-electron chi connectivity index (χ2n) is 4.32. The molecule has 2 N–H and O–H groups in total. The fraction of sp³-hybridized carbons (Fsp3) is 0.500. The number of rotatable bonds is 5. The van der Waals surface area contributed by atoms with Gasteiger partial charge in [0.25, 0.3) is 0 Å². The fourth-order valence-corrected chi connectivity index (χ4v) is 2.02. The van der Waals surface area contributed by atoms with Gasteiger partial charge in [-0.25, -0.2) is 4.68 Å². The van der Waals surface area contributed by atoms with Crippen LogP contribution in [-0.4, -0.2) is 27.1 Å². The highest BCUT2D eigenvalue weighted by Crippen LogP contribution is 2.20. The molecule has 0 spiro atoms. The summed E-state index contributed by atoms with van der Waals surface area (Å²) in [6, 6.07) is 0. The van der Waals surface area contributed by atoms with Gasteiger partial charge in [0.2, 0.25) is 5.88 Å². The molecule has 98 valence electrons. The zero-order chi connectivity index (χ0) is 13.1. The van der Waals surface area contributed by atoms with Gasteiger partial charge in [-0.1, -0.05) is 0 Å². The van der Waals surface area contributed by atoms with E-state index in [1.807, 2.05) is 27.1 Å². The Morgan fingerprint density at radius 3 is 2.78 bits per heavy atom. The second kappa shape index (κ2) is 5.22. The molecule has 0 bridgehead atoms. The Morgan fingerprint density at radius 2 is 2.17 bits per heavy atom. The van der Waals surface area contributed by atoms with E-state index in [1.54, 1.807) is 11.8 Å². The molecule has 0 aliphatic carbocycles. The summed E-state index contributed by atoms with van der Waals surface area (Å²) in [4.78, 5) is 0. The molecule has 2 aromatic rings. The van der Waals surface area contributed by atoms with E-state index in [9.17, 15) is 0 Å². The van der Waals surface area contributed by atoms with Gasteiger partial charge in [0, 0.05) is 31.4 Å². The van der Waals surface area contributed by atoms with Gasteiger partial charge in [0.15, 0.2) is 0 Å². The maximum absolute atomic E-state index is 5.35. The van der Waals surface area contributed by atoms with E-state index in [0.717, 1.165) is 35.9 Å². The molecular formula is C12H19N5O. The summed E-state index contributed by atoms with van der Waals surface area (Å²) in [5, 5.41) is 14.6. The van der Waals surface area contributed by atoms with Crippen molar-refractivity contribution in [3.63, 3.8) is 0 Å². The summed E-state index contributed by atoms with van der Waals surface area (Å²) >= 11 is 0. The molecule has 2 aromatic heterocycles. The van der Waals surface area contributed by atoms with Gasteiger partial charge in [-0.2, -0.15) is 10.2 Å². The van der Waals surface area contributed by atoms with Crippen molar-refractivity contribution < 1.29 is 4.74 Å². The van der Waals surface area contributed by atoms with Crippen LogP contribution in [0, 0.1) is 13.8 Å². The average molecular weight is 249 g/mol. The van der Waals surface area contributed by atoms with E-state index in [1.165, 1.54) is 5.56 Å². The van der Waals surface area contributed by atoms with Crippen molar-refractivity contribution in [1.82, 2.24) is 25.3 Å². The van der Waals surface area contributed by atoms with E-state index in [0.29, 0.717) is 0 Å². The van der Waals surface area contributed by atoms with E-state index in [4.69, 9.17) is 4.74 Å². The van der Waals surface area contributed by atoms with Crippen LogP contribution in [0.25, 0.3) is 0 Å². The Labute approximate surface area is 106 Å². The van der Waals surface area contributed by atoms with Crippen LogP contribution in [0.3, 0.4) is 0 Å². The number of aromatic amines is 1. The number of aromatic nitrogens is 4. The predicted molar refractivity (Wildman–Crippen MR) is 68.4 cm³/mol. The van der Waals surface area contributed by atoms with E-state index < -0.39 is 0 Å². The lowest BCUT2D eigenvalue weighted by Gasteiger charge is -2.06. The molecule has 2 rings (SSSR count). The third kappa shape index (κ3) is 2.38. The number of methoxy groups -OCH3 is 1. The van der Waals surface area contributed by atoms with Crippen molar-refractivity contribution in [3.8, 4) is 5.88 Å². The van der Waals surface area contributed by atoms with Gasteiger partial charge in [0.05, 0.1) is 24.6 Å². The minimum Gasteiger partial charge on any atom is -0.481 e. The normalized spacial score (nSPS) is 10.9. The highest BCUT2D eigenvalue weighted by Gasteiger charge is 2.13. The average Bonchev–Trinajstić information content (AvgIpc) is 2.84. The van der Waals surface area contributed by atoms with Gasteiger partial charge in [0.1, 0.15) is 0 Å². The van der Waals surface area contributed by atoms with Gasteiger partial charge < -0.3 is 10.1 Å². The molecule has 6 nitrogen and oxygen atoms in total. The van der Waals surface area contributed by atoms with Crippen molar-refractivity contribution in [3.05, 3.63) is 28.7 Å². The van der Waals surface area contributed by atoms with Gasteiger partial charge >= 0.3 is 0 Å². The Bertz CT molecular complexity index is 529. The number of nitrogens with one attached hydrogen (secondary N) is 2. The highest BCUT2D eigenvalue weighted by molar-refractivity contribution is 5.30. The second-order valence-corrected chi connectivity index (χ2v) is 4.32. The maximum Gasteiger partial charge on any atom is 0.216 e. The van der Waals surface area contributed by atoms with Gasteiger partial charge in [-0.05, 0) is 13.8 Å². The van der Waals surface area contributed by atoms with E-state index >= 15 is 0 Å². The SMILES string of the molecule is COc1c(CNCc2cn[nH]c2C)c(C)nn1C. The quantitative estimate of drug-likeness (QED) is 0.831. The van der Waals surface area contributed by atoms with Crippen LogP contribution in [0.2, 0.25) is 0 Å². The number of hydrogen-bond acceptors (Lipinski definition) is 4. The molecule has 0 radical (unpaired) electrons. The summed E-state index contributed by atoms with van der Waals surface area (Å²) < 4.78 is 7.11. The zero-order valence-corrected chi connectivity index (χ0v) is 11.2. The molecule has 0 aliphatic rings. The number of ether oxygens (including phenoxy) is 1. The topological polar surface area (TPSA) is 67.8 Å². The Morgan fingerprint density at radius 1 is 1.39 bits per heavy atom. The molecular weight excluding hydrogens is 230 g/mol. The predicted octanol–water partition coefficient (Wildman–Crippen LogP) is 1.06. The largest absolute Gasteiger partial charge is 0.481 e. The molecule has 0 amide bonds. The van der Waals surface area contributed by atoms with Crippen molar-refractivity contribution in [2.75, 3.05) is 7.11 Å². The smallest absolute Gasteiger partial charge is 0.216 e. The molecule has 18 heavy (non-hydrogen) atoms. The van der Waals surface area contributed by atoms with Crippen LogP contribution >= 0.6 is 0 Å². The molecule has 6 heteroatoms. The minimum absolute atomic E-state index is 0.730. The standard InChI is InChI=1S/C12H19N5O/c1-8-10(6-14-15-8)5-13-7-11-9(2)16-17(3)12(11)18-4/h6,13H,5,7H2,1-4H3,(H,14,15). The molecule has 0 aliphatic heterocycles. The zero-order valence-electron chi connectivity index (χ0n) is 11.2. The van der Waals surface area contributed by atoms with Gasteiger partial charge in [-0.15, -0.1) is 0 Å². The lowest BCUT2D eigenvalue weighted by Crippen LogP contribution is -2.14. The first-order valence-electron chi connectivity index (χ1n) is 5.89. The highest BCUT2D eigenvalue weighted by atomic mass is 16.5. The summed E-state index contributed by atoms with van der Waals surface area (Å²) in [7, 11) is 3.55. The first-order chi connectivity index (χ1) is 8.63. The monoisotopic (exact) mass is 249 g/mol. The van der Waals surface area contributed by atoms with Crippen LogP contribution in [0.15, 0.2) is 6.20 Å². The first-order valence-corrected chi connectivity index (χ1v) is 5.89. The first kappa shape index (κ1) is 12.6. The van der Waals surface area contributed by atoms with Crippen LogP contribution in [0.5, 0.6) is 5.88 Å². The summed E-state index contributed by atoms with van der Waals surface area (Å²) in [6.45, 7) is 5.51. The van der Waals surface area contributed by atoms with Crippen molar-refractivity contribution in [2.24, 2.45) is 7.05 Å². The summed E-state index contributed by atoms with van der Waals surface area (Å²) in [5.74, 6) is 0.809. The number of hydrogen-bond donors (Lipinski definition) is 2. The molecule has 0 atom stereocenters. The summed E-state index contributed by atoms with van der Waals surface area (Å²) in [5.41, 5.74) is 4.36. The van der Waals surface area contributed by atoms with Crippen LogP contribution < -0.4 is 10.1 Å². The van der Waals surface area contributed by atoms with Crippen LogP contribution in [-0.2, 0) is 20.1 Å². The van der Waals surface area contributed by atoms with Gasteiger partial charge in [-0.3, -0.25) is 5.10 Å². The number of nitrogens with zero attached hydrogens (tertiary/aromatic N) is 3. The lowest BCUT2D eigenvalue weighted by molar-refractivity contribution is 0.368. The number of H-pyrrole nitrogens is 1. The van der Waals surface area contributed by atoms with Crippen molar-refractivity contribution in [1.29, 1.82) is 0 Å². The lowest BCUT2D eigenvalue weighted by atomic mass is 10.2. The van der Waals surface area contributed by atoms with Crippen molar-refractivity contribution in [2.45, 2.75) is 26.9 Å². The molecule has 2 heterocycles. The molecule has 0 saturated carbocycles. The third-order valence-corrected chi connectivity index (χ3v) is 3.03. The Kier molecular flexibility index (Phi) is 3.66. The van der Waals surface area contributed by atoms with E-state index in [2.05, 4.69) is 20.6 Å². The Balaban J connectivity index is 2.00. The third-order valence-electron chi connectivity index (χ3n) is 3.03. The number of aryl methyl sites for hydroxylation is 3. The van der Waals surface area contributed by atoms with Crippen molar-refractivity contribution >= 4 is 0 Å². The van der Waals surface area contributed by atoms with E-state index in [-0.39, 0.29) is 0 Å². The molecule has 0 aromatic carbocycles. The van der Waals surface area contributed by atoms with Crippen LogP contribution in [0.1, 0.15) is 22.5 Å². The molecule has 0 saturated heterocycles. The molecule has 0 fully saturated rings. The van der Waals surface area contributed by atoms with Crippen LogP contribution in [0.4, 0.5) is 0 Å². The maximum atomic E-state index is 5.35. The summed E-state index contributed by atoms with van der Waals surface area (Å²) in [6.07, 6.45) is 1.84. The Hall–Kier alpha value is -1.82.